The zero-order valence-corrected chi connectivity index (χ0v) is 11.9. The van der Waals surface area contributed by atoms with Crippen molar-refractivity contribution >= 4 is 16.2 Å². The summed E-state index contributed by atoms with van der Waals surface area (Å²) in [4.78, 5) is 0. The van der Waals surface area contributed by atoms with Crippen LogP contribution in [0.4, 0.5) is 13.2 Å². The standard InChI is InChI=1S/C13H13F3O4S/c1-19-11-6-5-10-8-12(4-2-3-9(10)7-11)20-21(17,18)13(14,15)16/h5-8H,2-4H2,1H3. The molecule has 1 aromatic carbocycles. The molecule has 0 unspecified atom stereocenters. The number of allylic oxidation sites excluding steroid dienone is 1. The molecule has 0 atom stereocenters. The Kier molecular flexibility index (Phi) is 4.18. The topological polar surface area (TPSA) is 52.6 Å². The van der Waals surface area contributed by atoms with E-state index in [0.717, 1.165) is 5.56 Å². The lowest BCUT2D eigenvalue weighted by atomic mass is 10.0. The van der Waals surface area contributed by atoms with Crippen LogP contribution in [0.15, 0.2) is 24.0 Å². The van der Waals surface area contributed by atoms with Gasteiger partial charge in [0.2, 0.25) is 0 Å². The van der Waals surface area contributed by atoms with Crippen molar-refractivity contribution in [2.24, 2.45) is 0 Å². The van der Waals surface area contributed by atoms with Gasteiger partial charge in [0.25, 0.3) is 0 Å². The number of rotatable bonds is 3. The molecule has 0 N–H and O–H groups in total. The maximum Gasteiger partial charge on any atom is 0.534 e. The molecule has 0 saturated carbocycles. The van der Waals surface area contributed by atoms with Crippen molar-refractivity contribution in [2.45, 2.75) is 24.8 Å². The van der Waals surface area contributed by atoms with Gasteiger partial charge in [0.05, 0.1) is 7.11 Å². The molecule has 1 aromatic rings. The molecule has 21 heavy (non-hydrogen) atoms. The van der Waals surface area contributed by atoms with Crippen molar-refractivity contribution in [1.82, 2.24) is 0 Å². The zero-order chi connectivity index (χ0) is 15.7. The third kappa shape index (κ3) is 3.49. The molecule has 0 aromatic heterocycles. The van der Waals surface area contributed by atoms with Crippen LogP contribution in [0.3, 0.4) is 0 Å². The minimum atomic E-state index is -5.62. The Morgan fingerprint density at radius 1 is 1.19 bits per heavy atom. The maximum atomic E-state index is 12.3. The fourth-order valence-corrected chi connectivity index (χ4v) is 2.53. The summed E-state index contributed by atoms with van der Waals surface area (Å²) < 4.78 is 68.3. The van der Waals surface area contributed by atoms with Gasteiger partial charge in [-0.25, -0.2) is 0 Å². The molecule has 0 radical (unpaired) electrons. The van der Waals surface area contributed by atoms with Crippen molar-refractivity contribution in [3.05, 3.63) is 35.1 Å². The van der Waals surface area contributed by atoms with Crippen molar-refractivity contribution < 1.29 is 30.5 Å². The lowest BCUT2D eigenvalue weighted by molar-refractivity contribution is -0.0522. The lowest BCUT2D eigenvalue weighted by Gasteiger charge is -2.11. The molecule has 0 bridgehead atoms. The summed E-state index contributed by atoms with van der Waals surface area (Å²) in [6.45, 7) is 0. The first-order valence-corrected chi connectivity index (χ1v) is 7.52. The lowest BCUT2D eigenvalue weighted by Crippen LogP contribution is -2.25. The van der Waals surface area contributed by atoms with E-state index < -0.39 is 15.6 Å². The molecule has 4 nitrogen and oxygen atoms in total. The smallest absolute Gasteiger partial charge is 0.497 e. The largest absolute Gasteiger partial charge is 0.534 e. The summed E-state index contributed by atoms with van der Waals surface area (Å²) in [5.74, 6) is 0.422. The molecular weight excluding hydrogens is 309 g/mol. The molecule has 2 rings (SSSR count). The van der Waals surface area contributed by atoms with E-state index in [9.17, 15) is 21.6 Å². The molecule has 116 valence electrons. The molecule has 0 amide bonds. The van der Waals surface area contributed by atoms with Crippen LogP contribution in [-0.4, -0.2) is 21.0 Å². The van der Waals surface area contributed by atoms with Crippen LogP contribution in [0, 0.1) is 0 Å². The molecule has 1 aliphatic rings. The van der Waals surface area contributed by atoms with Crippen molar-refractivity contribution in [3.63, 3.8) is 0 Å². The summed E-state index contributed by atoms with van der Waals surface area (Å²) in [6, 6.07) is 5.08. The highest BCUT2D eigenvalue weighted by Crippen LogP contribution is 2.31. The molecule has 0 heterocycles. The number of aryl methyl sites for hydroxylation is 1. The van der Waals surface area contributed by atoms with Gasteiger partial charge in [0.15, 0.2) is 0 Å². The van der Waals surface area contributed by atoms with Gasteiger partial charge in [0.1, 0.15) is 11.5 Å². The first-order chi connectivity index (χ1) is 9.73. The second kappa shape index (κ2) is 5.59. The minimum absolute atomic E-state index is 0.117. The second-order valence-corrected chi connectivity index (χ2v) is 6.05. The van der Waals surface area contributed by atoms with Gasteiger partial charge in [-0.1, -0.05) is 6.07 Å². The second-order valence-electron chi connectivity index (χ2n) is 4.51. The van der Waals surface area contributed by atoms with E-state index in [1.54, 1.807) is 18.2 Å². The number of fused-ring (bicyclic) bond motifs is 1. The molecule has 0 aliphatic heterocycles. The zero-order valence-electron chi connectivity index (χ0n) is 11.1. The summed E-state index contributed by atoms with van der Waals surface area (Å²) in [7, 11) is -4.11. The molecule has 0 spiro atoms. The van der Waals surface area contributed by atoms with Crippen LogP contribution in [0.2, 0.25) is 0 Å². The number of alkyl halides is 3. The van der Waals surface area contributed by atoms with Gasteiger partial charge in [0, 0.05) is 6.42 Å². The SMILES string of the molecule is COc1ccc2c(c1)CCCC(OS(=O)(=O)C(F)(F)F)=C2. The summed E-state index contributed by atoms with van der Waals surface area (Å²) in [6.07, 6.45) is 2.53. The van der Waals surface area contributed by atoms with E-state index in [2.05, 4.69) is 4.18 Å². The Labute approximate surface area is 120 Å². The molecule has 0 fully saturated rings. The van der Waals surface area contributed by atoms with Crippen LogP contribution >= 0.6 is 0 Å². The molecular formula is C13H13F3O4S. The fraction of sp³-hybridized carbons (Fsp3) is 0.385. The minimum Gasteiger partial charge on any atom is -0.497 e. The maximum absolute atomic E-state index is 12.3. The number of methoxy groups -OCH3 is 1. The van der Waals surface area contributed by atoms with Crippen LogP contribution in [0.5, 0.6) is 5.75 Å². The molecule has 0 saturated heterocycles. The van der Waals surface area contributed by atoms with Crippen molar-refractivity contribution in [2.75, 3.05) is 7.11 Å². The average Bonchev–Trinajstić information content (AvgIpc) is 2.57. The number of ether oxygens (including phenoxy) is 1. The highest BCUT2D eigenvalue weighted by atomic mass is 32.2. The summed E-state index contributed by atoms with van der Waals surface area (Å²) in [5, 5.41) is 0. The third-order valence-corrected chi connectivity index (χ3v) is 4.04. The molecule has 1 aliphatic carbocycles. The number of halogens is 3. The average molecular weight is 322 g/mol. The van der Waals surface area contributed by atoms with E-state index in [0.29, 0.717) is 24.2 Å². The van der Waals surface area contributed by atoms with Gasteiger partial charge in [-0.15, -0.1) is 0 Å². The Hall–Kier alpha value is -1.70. The summed E-state index contributed by atoms with van der Waals surface area (Å²) in [5.41, 5.74) is -3.93. The quantitative estimate of drug-likeness (QED) is 0.633. The van der Waals surface area contributed by atoms with E-state index in [1.807, 2.05) is 0 Å². The Bertz CT molecular complexity index is 662. The van der Waals surface area contributed by atoms with E-state index >= 15 is 0 Å². The Morgan fingerprint density at radius 2 is 1.90 bits per heavy atom. The first kappa shape index (κ1) is 15.7. The predicted molar refractivity (Wildman–Crippen MR) is 70.0 cm³/mol. The normalized spacial score (nSPS) is 15.7. The van der Waals surface area contributed by atoms with Gasteiger partial charge < -0.3 is 8.92 Å². The molecule has 8 heteroatoms. The first-order valence-electron chi connectivity index (χ1n) is 6.11. The van der Waals surface area contributed by atoms with Crippen molar-refractivity contribution in [1.29, 1.82) is 0 Å². The van der Waals surface area contributed by atoms with Crippen molar-refractivity contribution in [3.8, 4) is 5.75 Å². The van der Waals surface area contributed by atoms with Gasteiger partial charge in [-0.05, 0) is 42.2 Å². The summed E-state index contributed by atoms with van der Waals surface area (Å²) >= 11 is 0. The third-order valence-electron chi connectivity index (χ3n) is 3.04. The number of hydrogen-bond acceptors (Lipinski definition) is 4. The van der Waals surface area contributed by atoms with Crippen LogP contribution < -0.4 is 4.74 Å². The number of benzene rings is 1. The van der Waals surface area contributed by atoms with Crippen LogP contribution in [-0.2, 0) is 20.7 Å². The highest BCUT2D eigenvalue weighted by molar-refractivity contribution is 7.87. The van der Waals surface area contributed by atoms with E-state index in [4.69, 9.17) is 4.74 Å². The predicted octanol–water partition coefficient (Wildman–Crippen LogP) is 3.24. The van der Waals surface area contributed by atoms with Gasteiger partial charge in [-0.2, -0.15) is 21.6 Å². The van der Waals surface area contributed by atoms with Gasteiger partial charge in [-0.3, -0.25) is 0 Å². The number of hydrogen-bond donors (Lipinski definition) is 0. The monoisotopic (exact) mass is 322 g/mol. The fourth-order valence-electron chi connectivity index (χ4n) is 2.02. The van der Waals surface area contributed by atoms with E-state index in [-0.39, 0.29) is 12.2 Å². The highest BCUT2D eigenvalue weighted by Gasteiger charge is 2.48. The van der Waals surface area contributed by atoms with Crippen LogP contribution in [0.1, 0.15) is 24.0 Å². The van der Waals surface area contributed by atoms with Crippen LogP contribution in [0.25, 0.3) is 6.08 Å². The Balaban J connectivity index is 2.32. The van der Waals surface area contributed by atoms with E-state index in [1.165, 1.54) is 13.2 Å². The van der Waals surface area contributed by atoms with Gasteiger partial charge >= 0.3 is 15.6 Å². The Morgan fingerprint density at radius 3 is 2.52 bits per heavy atom.